The lowest BCUT2D eigenvalue weighted by Crippen LogP contribution is -2.42. The number of hydrogen-bond acceptors (Lipinski definition) is 3. The summed E-state index contributed by atoms with van der Waals surface area (Å²) in [4.78, 5) is 2.04. The molecule has 16 heavy (non-hydrogen) atoms. The van der Waals surface area contributed by atoms with E-state index in [1.165, 1.54) is 4.31 Å². The van der Waals surface area contributed by atoms with Gasteiger partial charge in [-0.15, -0.1) is 11.6 Å². The summed E-state index contributed by atoms with van der Waals surface area (Å²) in [7, 11) is -1.44. The van der Waals surface area contributed by atoms with Crippen LogP contribution in [-0.4, -0.2) is 33.8 Å². The fourth-order valence-electron chi connectivity index (χ4n) is 1.83. The lowest BCUT2D eigenvalue weighted by atomic mass is 10.2. The van der Waals surface area contributed by atoms with E-state index in [1.807, 2.05) is 30.1 Å². The summed E-state index contributed by atoms with van der Waals surface area (Å²) < 4.78 is 25.0. The number of rotatable bonds is 2. The van der Waals surface area contributed by atoms with Gasteiger partial charge in [0.2, 0.25) is 10.0 Å². The predicted molar refractivity (Wildman–Crippen MR) is 66.7 cm³/mol. The molecule has 0 radical (unpaired) electrons. The van der Waals surface area contributed by atoms with E-state index in [9.17, 15) is 8.42 Å². The van der Waals surface area contributed by atoms with Gasteiger partial charge in [0, 0.05) is 13.6 Å². The van der Waals surface area contributed by atoms with Gasteiger partial charge in [0.05, 0.1) is 17.9 Å². The Balaban J connectivity index is 2.51. The highest BCUT2D eigenvalue weighted by Crippen LogP contribution is 2.33. The van der Waals surface area contributed by atoms with Crippen LogP contribution in [0, 0.1) is 0 Å². The van der Waals surface area contributed by atoms with Crippen molar-refractivity contribution in [2.75, 3.05) is 34.6 Å². The number of fused-ring (bicyclic) bond motifs is 1. The molecule has 0 saturated carbocycles. The van der Waals surface area contributed by atoms with Crippen LogP contribution in [0.4, 0.5) is 11.4 Å². The Morgan fingerprint density at radius 3 is 2.50 bits per heavy atom. The Bertz CT molecular complexity index is 489. The molecule has 1 aliphatic heterocycles. The molecule has 1 heterocycles. The van der Waals surface area contributed by atoms with Crippen molar-refractivity contribution in [1.29, 1.82) is 0 Å². The highest BCUT2D eigenvalue weighted by atomic mass is 35.5. The van der Waals surface area contributed by atoms with Crippen molar-refractivity contribution >= 4 is 33.0 Å². The number of alkyl halides is 1. The second-order valence-corrected chi connectivity index (χ2v) is 6.18. The summed E-state index contributed by atoms with van der Waals surface area (Å²) in [6, 6.07) is 7.43. The first kappa shape index (κ1) is 11.5. The van der Waals surface area contributed by atoms with Crippen molar-refractivity contribution in [3.63, 3.8) is 0 Å². The largest absolute Gasteiger partial charge is 0.371 e. The minimum atomic E-state index is -3.39. The third-order valence-corrected chi connectivity index (χ3v) is 4.83. The van der Waals surface area contributed by atoms with E-state index in [0.717, 1.165) is 5.69 Å². The zero-order chi connectivity index (χ0) is 11.8. The van der Waals surface area contributed by atoms with Crippen LogP contribution in [-0.2, 0) is 10.0 Å². The van der Waals surface area contributed by atoms with Crippen molar-refractivity contribution in [3.05, 3.63) is 24.3 Å². The fourth-order valence-corrected chi connectivity index (χ4v) is 3.11. The highest BCUT2D eigenvalue weighted by Gasteiger charge is 2.28. The zero-order valence-electron chi connectivity index (χ0n) is 8.93. The molecule has 0 aliphatic carbocycles. The smallest absolute Gasteiger partial charge is 0.249 e. The molecule has 6 heteroatoms. The van der Waals surface area contributed by atoms with E-state index in [-0.39, 0.29) is 5.21 Å². The van der Waals surface area contributed by atoms with Crippen LogP contribution in [0.15, 0.2) is 24.3 Å². The molecule has 1 aromatic carbocycles. The lowest BCUT2D eigenvalue weighted by Gasteiger charge is -2.35. The van der Waals surface area contributed by atoms with E-state index in [4.69, 9.17) is 11.6 Å². The van der Waals surface area contributed by atoms with E-state index in [1.54, 1.807) is 6.07 Å². The summed E-state index contributed by atoms with van der Waals surface area (Å²) in [5, 5.41) is -0.384. The maximum absolute atomic E-state index is 11.8. The zero-order valence-corrected chi connectivity index (χ0v) is 10.5. The summed E-state index contributed by atoms with van der Waals surface area (Å²) in [5.41, 5.74) is 1.62. The standard InChI is InChI=1S/C10H13ClN2O2S/c1-12-6-7-13(16(14,15)8-11)10-5-3-2-4-9(10)12/h2-5H,6-8H2,1H3. The van der Waals surface area contributed by atoms with Crippen molar-refractivity contribution in [3.8, 4) is 0 Å². The summed E-state index contributed by atoms with van der Waals surface area (Å²) in [5.74, 6) is 0. The molecule has 0 amide bonds. The highest BCUT2D eigenvalue weighted by molar-refractivity contribution is 7.93. The maximum Gasteiger partial charge on any atom is 0.249 e. The second kappa shape index (κ2) is 4.14. The second-order valence-electron chi connectivity index (χ2n) is 3.70. The van der Waals surface area contributed by atoms with Crippen LogP contribution in [0.3, 0.4) is 0 Å². The predicted octanol–water partition coefficient (Wildman–Crippen LogP) is 1.47. The SMILES string of the molecule is CN1CCN(S(=O)(=O)CCl)c2ccccc21. The van der Waals surface area contributed by atoms with Crippen LogP contribution >= 0.6 is 11.6 Å². The molecular formula is C10H13ClN2O2S. The Labute approximate surface area is 100 Å². The van der Waals surface area contributed by atoms with E-state index >= 15 is 0 Å². The van der Waals surface area contributed by atoms with Gasteiger partial charge in [0.1, 0.15) is 5.21 Å². The molecule has 0 bridgehead atoms. The maximum atomic E-state index is 11.8. The van der Waals surface area contributed by atoms with Gasteiger partial charge in [-0.05, 0) is 12.1 Å². The summed E-state index contributed by atoms with van der Waals surface area (Å²) in [6.07, 6.45) is 0. The number of benzene rings is 1. The molecular weight excluding hydrogens is 248 g/mol. The summed E-state index contributed by atoms with van der Waals surface area (Å²) >= 11 is 5.49. The van der Waals surface area contributed by atoms with Crippen LogP contribution in [0.2, 0.25) is 0 Å². The quantitative estimate of drug-likeness (QED) is 0.756. The first-order valence-electron chi connectivity index (χ1n) is 4.93. The Morgan fingerprint density at radius 1 is 1.25 bits per heavy atom. The first-order valence-corrected chi connectivity index (χ1v) is 7.07. The molecule has 0 N–H and O–H groups in total. The summed E-state index contributed by atoms with van der Waals surface area (Å²) in [6.45, 7) is 1.12. The number of para-hydroxylation sites is 2. The van der Waals surface area contributed by atoms with Crippen molar-refractivity contribution in [1.82, 2.24) is 0 Å². The van der Waals surface area contributed by atoms with Gasteiger partial charge in [-0.1, -0.05) is 12.1 Å². The minimum absolute atomic E-state index is 0.384. The van der Waals surface area contributed by atoms with Crippen molar-refractivity contribution in [2.24, 2.45) is 0 Å². The number of sulfonamides is 1. The topological polar surface area (TPSA) is 40.6 Å². The van der Waals surface area contributed by atoms with Gasteiger partial charge in [-0.25, -0.2) is 8.42 Å². The number of nitrogens with zero attached hydrogens (tertiary/aromatic N) is 2. The molecule has 1 aliphatic rings. The van der Waals surface area contributed by atoms with Gasteiger partial charge < -0.3 is 4.90 Å². The van der Waals surface area contributed by atoms with Gasteiger partial charge in [-0.2, -0.15) is 0 Å². The van der Waals surface area contributed by atoms with Crippen molar-refractivity contribution in [2.45, 2.75) is 0 Å². The van der Waals surface area contributed by atoms with Gasteiger partial charge in [0.15, 0.2) is 0 Å². The third-order valence-electron chi connectivity index (χ3n) is 2.67. The Hall–Kier alpha value is -0.940. The van der Waals surface area contributed by atoms with E-state index in [0.29, 0.717) is 18.8 Å². The van der Waals surface area contributed by atoms with E-state index in [2.05, 4.69) is 0 Å². The Kier molecular flexibility index (Phi) is 2.99. The molecule has 0 unspecified atom stereocenters. The molecule has 0 fully saturated rings. The first-order chi connectivity index (χ1) is 7.56. The monoisotopic (exact) mass is 260 g/mol. The van der Waals surface area contributed by atoms with Crippen molar-refractivity contribution < 1.29 is 8.42 Å². The number of anilines is 2. The molecule has 0 spiro atoms. The number of likely N-dealkylation sites (N-methyl/N-ethyl adjacent to an activating group) is 1. The average molecular weight is 261 g/mol. The van der Waals surface area contributed by atoms with Gasteiger partial charge >= 0.3 is 0 Å². The molecule has 88 valence electrons. The molecule has 0 aromatic heterocycles. The molecule has 4 nitrogen and oxygen atoms in total. The van der Waals surface area contributed by atoms with Gasteiger partial charge in [-0.3, -0.25) is 4.31 Å². The lowest BCUT2D eigenvalue weighted by molar-refractivity contribution is 0.594. The van der Waals surface area contributed by atoms with Crippen LogP contribution in [0.1, 0.15) is 0 Å². The fraction of sp³-hybridized carbons (Fsp3) is 0.400. The third kappa shape index (κ3) is 1.85. The normalized spacial score (nSPS) is 16.1. The van der Waals surface area contributed by atoms with Crippen LogP contribution in [0.5, 0.6) is 0 Å². The molecule has 1 aromatic rings. The number of hydrogen-bond donors (Lipinski definition) is 0. The van der Waals surface area contributed by atoms with Crippen LogP contribution in [0.25, 0.3) is 0 Å². The molecule has 0 atom stereocenters. The Morgan fingerprint density at radius 2 is 1.88 bits per heavy atom. The van der Waals surface area contributed by atoms with E-state index < -0.39 is 10.0 Å². The molecule has 0 saturated heterocycles. The van der Waals surface area contributed by atoms with Gasteiger partial charge in [0.25, 0.3) is 0 Å². The minimum Gasteiger partial charge on any atom is -0.371 e. The number of halogens is 1. The van der Waals surface area contributed by atoms with Crippen LogP contribution < -0.4 is 9.21 Å². The average Bonchev–Trinajstić information content (AvgIpc) is 2.29. The molecule has 2 rings (SSSR count).